The molecule has 0 aliphatic rings. The van der Waals surface area contributed by atoms with Crippen LogP contribution >= 0.6 is 22.7 Å². The first kappa shape index (κ1) is 45.3. The van der Waals surface area contributed by atoms with Crippen LogP contribution in [0.2, 0.25) is 0 Å². The summed E-state index contributed by atoms with van der Waals surface area (Å²) in [6.07, 6.45) is -1.54. The molecule has 0 spiro atoms. The van der Waals surface area contributed by atoms with Gasteiger partial charge in [0.15, 0.2) is 0 Å². The standard InChI is InChI=1S/C52H52N2O9S2/c1-29(2)53-25-37(59)27-61-39-15-19-45(43(23-39)49-41-17-13-35(57)21-47(41)64-51(49)31-5-9-33(55)10-6-31)63-46-20-16-40(62-28-38(60)26-54-30(3)4)24-44(46)50-42-18-14-36(58)22-48(42)65-52(50)32-7-11-34(56)12-8-32/h5-24,29-30,37-38,53-60H,25-28H2,1-4H3. The topological polar surface area (TPSA) is 173 Å². The van der Waals surface area contributed by atoms with E-state index in [0.29, 0.717) is 47.2 Å². The molecule has 8 N–H and O–H groups in total. The van der Waals surface area contributed by atoms with Crippen molar-refractivity contribution in [3.63, 3.8) is 0 Å². The molecule has 2 aromatic heterocycles. The Labute approximate surface area is 385 Å². The first-order valence-corrected chi connectivity index (χ1v) is 23.1. The molecule has 11 nitrogen and oxygen atoms in total. The summed E-state index contributed by atoms with van der Waals surface area (Å²) in [5.41, 5.74) is 4.64. The largest absolute Gasteiger partial charge is 0.508 e. The number of aliphatic hydroxyl groups excluding tert-OH is 2. The first-order chi connectivity index (χ1) is 31.3. The third-order valence-corrected chi connectivity index (χ3v) is 13.1. The lowest BCUT2D eigenvalue weighted by Gasteiger charge is -2.20. The van der Waals surface area contributed by atoms with E-state index in [4.69, 9.17) is 14.2 Å². The van der Waals surface area contributed by atoms with Gasteiger partial charge in [0.05, 0.1) is 0 Å². The highest BCUT2D eigenvalue weighted by atomic mass is 32.1. The van der Waals surface area contributed by atoms with E-state index in [-0.39, 0.29) is 48.3 Å². The monoisotopic (exact) mass is 912 g/mol. The molecule has 0 aliphatic heterocycles. The van der Waals surface area contributed by atoms with Gasteiger partial charge in [-0.2, -0.15) is 0 Å². The number of aliphatic hydroxyl groups is 2. The van der Waals surface area contributed by atoms with E-state index >= 15 is 0 Å². The van der Waals surface area contributed by atoms with E-state index in [2.05, 4.69) is 10.6 Å². The van der Waals surface area contributed by atoms with Gasteiger partial charge in [0.2, 0.25) is 0 Å². The Balaban J connectivity index is 1.31. The maximum atomic E-state index is 10.8. The van der Waals surface area contributed by atoms with Crippen LogP contribution < -0.4 is 24.8 Å². The van der Waals surface area contributed by atoms with Crippen molar-refractivity contribution in [3.8, 4) is 89.1 Å². The number of ether oxygens (including phenoxy) is 3. The number of phenolic OH excluding ortho intramolecular Hbond substituents is 4. The number of benzene rings is 6. The van der Waals surface area contributed by atoms with Gasteiger partial charge < -0.3 is 55.5 Å². The summed E-state index contributed by atoms with van der Waals surface area (Å²) < 4.78 is 21.3. The fraction of sp³-hybridized carbons (Fsp3) is 0.231. The molecule has 2 heterocycles. The fourth-order valence-corrected chi connectivity index (χ4v) is 9.98. The van der Waals surface area contributed by atoms with Crippen LogP contribution in [0, 0.1) is 0 Å². The lowest BCUT2D eigenvalue weighted by Crippen LogP contribution is -2.35. The minimum Gasteiger partial charge on any atom is -0.508 e. The summed E-state index contributed by atoms with van der Waals surface area (Å²) >= 11 is 2.99. The molecule has 8 aromatic rings. The second kappa shape index (κ2) is 19.8. The number of hydrogen-bond acceptors (Lipinski definition) is 13. The molecule has 0 saturated heterocycles. The van der Waals surface area contributed by atoms with E-state index in [1.807, 2.05) is 88.4 Å². The Hall–Kier alpha value is -6.32. The third kappa shape index (κ3) is 10.6. The molecule has 0 bridgehead atoms. The summed E-state index contributed by atoms with van der Waals surface area (Å²) in [6.45, 7) is 8.84. The summed E-state index contributed by atoms with van der Waals surface area (Å²) in [4.78, 5) is 1.73. The molecule has 65 heavy (non-hydrogen) atoms. The molecule has 2 atom stereocenters. The first-order valence-electron chi connectivity index (χ1n) is 21.4. The summed E-state index contributed by atoms with van der Waals surface area (Å²) in [6, 6.07) is 35.9. The Morgan fingerprint density at radius 1 is 0.477 bits per heavy atom. The number of aromatic hydroxyl groups is 4. The minimum absolute atomic E-state index is 0.0388. The van der Waals surface area contributed by atoms with E-state index in [0.717, 1.165) is 52.2 Å². The Kier molecular flexibility index (Phi) is 13.8. The summed E-state index contributed by atoms with van der Waals surface area (Å²) in [5.74, 6) is 2.44. The van der Waals surface area contributed by atoms with E-state index in [1.165, 1.54) is 22.7 Å². The molecule has 8 rings (SSSR count). The van der Waals surface area contributed by atoms with Gasteiger partial charge in [0, 0.05) is 77.4 Å². The molecule has 6 aromatic carbocycles. The van der Waals surface area contributed by atoms with Crippen molar-refractivity contribution < 1.29 is 44.8 Å². The maximum absolute atomic E-state index is 10.8. The molecule has 0 radical (unpaired) electrons. The van der Waals surface area contributed by atoms with Crippen molar-refractivity contribution in [2.24, 2.45) is 0 Å². The number of phenols is 4. The Bertz CT molecular complexity index is 2710. The molecule has 336 valence electrons. The molecule has 0 amide bonds. The third-order valence-electron chi connectivity index (χ3n) is 10.7. The fourth-order valence-electron chi connectivity index (χ4n) is 7.47. The quantitative estimate of drug-likeness (QED) is 0.0412. The SMILES string of the molecule is CC(C)NCC(O)COc1ccc(Oc2ccc(OCC(O)CNC(C)C)cc2-c2c(-c3ccc(O)cc3)sc3cc(O)ccc23)c(-c2c(-c3ccc(O)cc3)sc3cc(O)ccc23)c1. The van der Waals surface area contributed by atoms with E-state index in [9.17, 15) is 30.6 Å². The highest BCUT2D eigenvalue weighted by molar-refractivity contribution is 7.23. The van der Waals surface area contributed by atoms with Gasteiger partial charge in [0.25, 0.3) is 0 Å². The molecule has 0 fully saturated rings. The average Bonchev–Trinajstić information content (AvgIpc) is 3.85. The Morgan fingerprint density at radius 3 is 1.25 bits per heavy atom. The van der Waals surface area contributed by atoms with Crippen molar-refractivity contribution in [2.45, 2.75) is 52.0 Å². The van der Waals surface area contributed by atoms with Crippen molar-refractivity contribution >= 4 is 42.8 Å². The number of nitrogens with one attached hydrogen (secondary N) is 2. The van der Waals surface area contributed by atoms with Crippen LogP contribution in [-0.4, -0.2) is 81.2 Å². The summed E-state index contributed by atoms with van der Waals surface area (Å²) in [5, 5.41) is 71.6. The number of rotatable bonds is 18. The molecule has 0 aliphatic carbocycles. The molecule has 0 saturated carbocycles. The van der Waals surface area contributed by atoms with Gasteiger partial charge in [-0.15, -0.1) is 22.7 Å². The normalized spacial score (nSPS) is 12.6. The lowest BCUT2D eigenvalue weighted by atomic mass is 9.96. The molecule has 13 heteroatoms. The van der Waals surface area contributed by atoms with Crippen LogP contribution in [0.1, 0.15) is 27.7 Å². The molecule has 2 unspecified atom stereocenters. The van der Waals surface area contributed by atoms with Gasteiger partial charge >= 0.3 is 0 Å². The lowest BCUT2D eigenvalue weighted by molar-refractivity contribution is 0.104. The maximum Gasteiger partial charge on any atom is 0.135 e. The second-order valence-corrected chi connectivity index (χ2v) is 18.6. The molecular formula is C52H52N2O9S2. The number of fused-ring (bicyclic) bond motifs is 2. The zero-order valence-corrected chi connectivity index (χ0v) is 38.0. The van der Waals surface area contributed by atoms with Crippen LogP contribution in [0.15, 0.2) is 121 Å². The van der Waals surface area contributed by atoms with Crippen molar-refractivity contribution in [1.29, 1.82) is 0 Å². The van der Waals surface area contributed by atoms with E-state index < -0.39 is 12.2 Å². The van der Waals surface area contributed by atoms with Crippen molar-refractivity contribution in [1.82, 2.24) is 10.6 Å². The Morgan fingerprint density at radius 2 is 0.862 bits per heavy atom. The second-order valence-electron chi connectivity index (χ2n) is 16.5. The summed E-state index contributed by atoms with van der Waals surface area (Å²) in [7, 11) is 0. The molecular weight excluding hydrogens is 861 g/mol. The smallest absolute Gasteiger partial charge is 0.135 e. The van der Waals surface area contributed by atoms with E-state index in [1.54, 1.807) is 60.7 Å². The van der Waals surface area contributed by atoms with Gasteiger partial charge in [-0.05, 0) is 132 Å². The average molecular weight is 913 g/mol. The predicted octanol–water partition coefficient (Wildman–Crippen LogP) is 10.9. The minimum atomic E-state index is -0.768. The number of thiophene rings is 2. The highest BCUT2D eigenvalue weighted by Crippen LogP contribution is 2.53. The van der Waals surface area contributed by atoms with Crippen molar-refractivity contribution in [2.75, 3.05) is 26.3 Å². The van der Waals surface area contributed by atoms with Gasteiger partial charge in [-0.3, -0.25) is 0 Å². The zero-order chi connectivity index (χ0) is 45.8. The van der Waals surface area contributed by atoms with Crippen molar-refractivity contribution in [3.05, 3.63) is 121 Å². The van der Waals surface area contributed by atoms with Crippen LogP contribution in [0.3, 0.4) is 0 Å². The van der Waals surface area contributed by atoms with Crippen LogP contribution in [-0.2, 0) is 0 Å². The van der Waals surface area contributed by atoms with Crippen LogP contribution in [0.25, 0.3) is 63.3 Å². The van der Waals surface area contributed by atoms with Gasteiger partial charge in [0.1, 0.15) is 71.4 Å². The number of hydrogen-bond donors (Lipinski definition) is 8. The highest BCUT2D eigenvalue weighted by Gasteiger charge is 2.25. The van der Waals surface area contributed by atoms with Crippen LogP contribution in [0.4, 0.5) is 0 Å². The predicted molar refractivity (Wildman–Crippen MR) is 261 cm³/mol. The van der Waals surface area contributed by atoms with Gasteiger partial charge in [-0.1, -0.05) is 27.7 Å². The van der Waals surface area contributed by atoms with Gasteiger partial charge in [-0.25, -0.2) is 0 Å². The van der Waals surface area contributed by atoms with Crippen LogP contribution in [0.5, 0.6) is 46.0 Å². The zero-order valence-electron chi connectivity index (χ0n) is 36.4.